The first-order valence-corrected chi connectivity index (χ1v) is 6.09. The van der Waals surface area contributed by atoms with Crippen molar-refractivity contribution in [3.05, 3.63) is 53.1 Å². The fourth-order valence-corrected chi connectivity index (χ4v) is 1.92. The van der Waals surface area contributed by atoms with E-state index in [1.54, 1.807) is 0 Å². The summed E-state index contributed by atoms with van der Waals surface area (Å²) in [6.07, 6.45) is -4.45. The maximum Gasteiger partial charge on any atom is 0.418 e. The number of anilines is 3. The third-order valence-electron chi connectivity index (χ3n) is 3.24. The highest BCUT2D eigenvalue weighted by atomic mass is 19.4. The molecule has 0 amide bonds. The van der Waals surface area contributed by atoms with Crippen LogP contribution < -0.4 is 11.1 Å². The Morgan fingerprint density at radius 1 is 1.05 bits per heavy atom. The molecule has 106 valence electrons. The van der Waals surface area contributed by atoms with Crippen LogP contribution in [-0.4, -0.2) is 0 Å². The van der Waals surface area contributed by atoms with Gasteiger partial charge in [0.15, 0.2) is 0 Å². The minimum absolute atomic E-state index is 0.274. The normalized spacial score (nSPS) is 11.4. The van der Waals surface area contributed by atoms with Crippen molar-refractivity contribution in [2.75, 3.05) is 11.1 Å². The summed E-state index contributed by atoms with van der Waals surface area (Å²) in [7, 11) is 0. The Morgan fingerprint density at radius 2 is 1.75 bits per heavy atom. The van der Waals surface area contributed by atoms with E-state index in [2.05, 4.69) is 5.32 Å². The summed E-state index contributed by atoms with van der Waals surface area (Å²) in [4.78, 5) is 0. The van der Waals surface area contributed by atoms with Crippen molar-refractivity contribution >= 4 is 17.1 Å². The summed E-state index contributed by atoms with van der Waals surface area (Å²) >= 11 is 0. The molecule has 0 heterocycles. The van der Waals surface area contributed by atoms with E-state index in [1.165, 1.54) is 12.1 Å². The SMILES string of the molecule is Cc1cccc(Nc2ccc(N)c(C(F)(F)F)c2)c1C. The summed E-state index contributed by atoms with van der Waals surface area (Å²) < 4.78 is 38.4. The van der Waals surface area contributed by atoms with Crippen molar-refractivity contribution < 1.29 is 13.2 Å². The Bertz CT molecular complexity index is 634. The molecule has 0 saturated carbocycles. The van der Waals surface area contributed by atoms with Crippen LogP contribution >= 0.6 is 0 Å². The van der Waals surface area contributed by atoms with Gasteiger partial charge >= 0.3 is 6.18 Å². The molecule has 0 radical (unpaired) electrons. The van der Waals surface area contributed by atoms with Crippen LogP contribution in [0.25, 0.3) is 0 Å². The molecule has 0 bridgehead atoms. The standard InChI is InChI=1S/C15H15F3N2/c1-9-4-3-5-14(10(9)2)20-11-6-7-13(19)12(8-11)15(16,17)18/h3-8,20H,19H2,1-2H3. The number of alkyl halides is 3. The maximum absolute atomic E-state index is 12.8. The molecule has 2 nitrogen and oxygen atoms in total. The van der Waals surface area contributed by atoms with E-state index < -0.39 is 11.7 Å². The lowest BCUT2D eigenvalue weighted by Gasteiger charge is -2.15. The zero-order valence-corrected chi connectivity index (χ0v) is 11.2. The molecule has 2 aromatic rings. The van der Waals surface area contributed by atoms with E-state index in [-0.39, 0.29) is 5.69 Å². The number of nitrogens with one attached hydrogen (secondary N) is 1. The van der Waals surface area contributed by atoms with Gasteiger partial charge in [0, 0.05) is 17.1 Å². The second-order valence-electron chi connectivity index (χ2n) is 4.67. The van der Waals surface area contributed by atoms with Gasteiger partial charge in [-0.15, -0.1) is 0 Å². The number of hydrogen-bond acceptors (Lipinski definition) is 2. The van der Waals surface area contributed by atoms with Crippen LogP contribution in [0.5, 0.6) is 0 Å². The number of halogens is 3. The van der Waals surface area contributed by atoms with Crippen LogP contribution in [0, 0.1) is 13.8 Å². The van der Waals surface area contributed by atoms with Crippen molar-refractivity contribution in [2.45, 2.75) is 20.0 Å². The highest BCUT2D eigenvalue weighted by Crippen LogP contribution is 2.36. The summed E-state index contributed by atoms with van der Waals surface area (Å²) in [5, 5.41) is 3.00. The molecule has 5 heteroatoms. The van der Waals surface area contributed by atoms with E-state index >= 15 is 0 Å². The zero-order chi connectivity index (χ0) is 14.9. The van der Waals surface area contributed by atoms with Gasteiger partial charge in [-0.2, -0.15) is 13.2 Å². The molecule has 0 spiro atoms. The molecule has 20 heavy (non-hydrogen) atoms. The van der Waals surface area contributed by atoms with Gasteiger partial charge in [0.1, 0.15) is 0 Å². The van der Waals surface area contributed by atoms with Gasteiger partial charge in [-0.25, -0.2) is 0 Å². The molecule has 2 rings (SSSR count). The number of rotatable bonds is 2. The van der Waals surface area contributed by atoms with Crippen molar-refractivity contribution in [1.82, 2.24) is 0 Å². The summed E-state index contributed by atoms with van der Waals surface area (Å²) in [6.45, 7) is 3.87. The lowest BCUT2D eigenvalue weighted by molar-refractivity contribution is -0.136. The molecule has 0 aromatic heterocycles. The summed E-state index contributed by atoms with van der Waals surface area (Å²) in [5.74, 6) is 0. The van der Waals surface area contributed by atoms with E-state index in [0.717, 1.165) is 22.9 Å². The van der Waals surface area contributed by atoms with Gasteiger partial charge in [-0.1, -0.05) is 12.1 Å². The molecule has 0 atom stereocenters. The van der Waals surface area contributed by atoms with Gasteiger partial charge in [0.05, 0.1) is 5.56 Å². The highest BCUT2D eigenvalue weighted by Gasteiger charge is 2.33. The molecular weight excluding hydrogens is 265 g/mol. The van der Waals surface area contributed by atoms with E-state index in [4.69, 9.17) is 5.73 Å². The van der Waals surface area contributed by atoms with Crippen LogP contribution in [0.4, 0.5) is 30.2 Å². The van der Waals surface area contributed by atoms with Gasteiger partial charge in [0.25, 0.3) is 0 Å². The molecule has 0 aliphatic rings. The van der Waals surface area contributed by atoms with Crippen LogP contribution in [0.1, 0.15) is 16.7 Å². The topological polar surface area (TPSA) is 38.0 Å². The third-order valence-corrected chi connectivity index (χ3v) is 3.24. The zero-order valence-electron chi connectivity index (χ0n) is 11.2. The largest absolute Gasteiger partial charge is 0.418 e. The number of aryl methyl sites for hydroxylation is 1. The van der Waals surface area contributed by atoms with E-state index in [0.29, 0.717) is 5.69 Å². The van der Waals surface area contributed by atoms with Crippen molar-refractivity contribution in [3.63, 3.8) is 0 Å². The van der Waals surface area contributed by atoms with Gasteiger partial charge < -0.3 is 11.1 Å². The minimum Gasteiger partial charge on any atom is -0.398 e. The fraction of sp³-hybridized carbons (Fsp3) is 0.200. The number of hydrogen-bond donors (Lipinski definition) is 2. The van der Waals surface area contributed by atoms with Crippen LogP contribution in [0.3, 0.4) is 0 Å². The van der Waals surface area contributed by atoms with Gasteiger partial charge in [-0.05, 0) is 49.2 Å². The molecule has 0 fully saturated rings. The first kappa shape index (κ1) is 14.2. The smallest absolute Gasteiger partial charge is 0.398 e. The second-order valence-corrected chi connectivity index (χ2v) is 4.67. The quantitative estimate of drug-likeness (QED) is 0.786. The predicted molar refractivity (Wildman–Crippen MR) is 75.1 cm³/mol. The number of nitrogen functional groups attached to an aromatic ring is 1. The van der Waals surface area contributed by atoms with Crippen molar-refractivity contribution in [3.8, 4) is 0 Å². The predicted octanol–water partition coefficient (Wildman–Crippen LogP) is 4.65. The average Bonchev–Trinajstić information content (AvgIpc) is 2.36. The monoisotopic (exact) mass is 280 g/mol. The summed E-state index contributed by atoms with van der Waals surface area (Å²) in [5.41, 5.74) is 7.49. The van der Waals surface area contributed by atoms with E-state index in [9.17, 15) is 13.2 Å². The van der Waals surface area contributed by atoms with Crippen LogP contribution in [0.15, 0.2) is 36.4 Å². The Hall–Kier alpha value is -2.17. The van der Waals surface area contributed by atoms with Crippen LogP contribution in [-0.2, 0) is 6.18 Å². The molecule has 0 aliphatic carbocycles. The Morgan fingerprint density at radius 3 is 2.40 bits per heavy atom. The third kappa shape index (κ3) is 2.87. The number of nitrogens with two attached hydrogens (primary N) is 1. The average molecular weight is 280 g/mol. The minimum atomic E-state index is -4.45. The summed E-state index contributed by atoms with van der Waals surface area (Å²) in [6, 6.07) is 9.45. The maximum atomic E-state index is 12.8. The number of benzene rings is 2. The molecular formula is C15H15F3N2. The van der Waals surface area contributed by atoms with E-state index in [1.807, 2.05) is 32.0 Å². The second kappa shape index (κ2) is 5.07. The molecule has 0 aliphatic heterocycles. The first-order chi connectivity index (χ1) is 9.29. The molecule has 3 N–H and O–H groups in total. The van der Waals surface area contributed by atoms with Crippen molar-refractivity contribution in [1.29, 1.82) is 0 Å². The Balaban J connectivity index is 2.38. The highest BCUT2D eigenvalue weighted by molar-refractivity contribution is 5.67. The van der Waals surface area contributed by atoms with Crippen molar-refractivity contribution in [2.24, 2.45) is 0 Å². The van der Waals surface area contributed by atoms with Gasteiger partial charge in [0.2, 0.25) is 0 Å². The Kier molecular flexibility index (Phi) is 3.61. The lowest BCUT2D eigenvalue weighted by atomic mass is 10.1. The first-order valence-electron chi connectivity index (χ1n) is 6.09. The van der Waals surface area contributed by atoms with Gasteiger partial charge in [-0.3, -0.25) is 0 Å². The van der Waals surface area contributed by atoms with Crippen LogP contribution in [0.2, 0.25) is 0 Å². The lowest BCUT2D eigenvalue weighted by Crippen LogP contribution is -2.09. The fourth-order valence-electron chi connectivity index (χ4n) is 1.92. The molecule has 2 aromatic carbocycles. The molecule has 0 unspecified atom stereocenters. The molecule has 0 saturated heterocycles. The Labute approximate surface area is 115 Å².